The second-order valence-corrected chi connectivity index (χ2v) is 11.1. The van der Waals surface area contributed by atoms with Crippen molar-refractivity contribution in [2.24, 2.45) is 0 Å². The van der Waals surface area contributed by atoms with Crippen LogP contribution in [-0.2, 0) is 10.0 Å². The summed E-state index contributed by atoms with van der Waals surface area (Å²) >= 11 is 0. The van der Waals surface area contributed by atoms with Crippen molar-refractivity contribution in [3.05, 3.63) is 29.1 Å². The standard InChI is InChI=1S/C22H32F3N3O4S.ClH/c1-4-33(30,31)28-11-9-27(10-12-28)21(5-7-22(24,25)8-6-21)15-26-20(29)19-16(2)13-17(23)14-18(19)32-3;/h13-14H,4-12,15H2,1-3H3,(H,26,29);1H. The van der Waals surface area contributed by atoms with Gasteiger partial charge in [-0.05, 0) is 38.3 Å². The van der Waals surface area contributed by atoms with Crippen molar-refractivity contribution in [1.82, 2.24) is 14.5 Å². The SMILES string of the molecule is CCS(=O)(=O)N1CCN(C2(CNC(=O)c3c(C)cc(F)cc3OC)CCC(F)(F)CC2)CC1.Cl. The van der Waals surface area contributed by atoms with Gasteiger partial charge in [0.1, 0.15) is 11.6 Å². The van der Waals surface area contributed by atoms with Crippen molar-refractivity contribution in [3.63, 3.8) is 0 Å². The number of carbonyl (C=O) groups excluding carboxylic acids is 1. The molecule has 1 aromatic rings. The second-order valence-electron chi connectivity index (χ2n) is 8.85. The van der Waals surface area contributed by atoms with E-state index >= 15 is 0 Å². The summed E-state index contributed by atoms with van der Waals surface area (Å²) in [6.45, 7) is 4.69. The summed E-state index contributed by atoms with van der Waals surface area (Å²) in [6.07, 6.45) is -0.231. The Morgan fingerprint density at radius 1 is 1.12 bits per heavy atom. The van der Waals surface area contributed by atoms with E-state index in [1.165, 1.54) is 17.5 Å². The Hall–Kier alpha value is -1.56. The molecule has 1 aromatic carbocycles. The van der Waals surface area contributed by atoms with Gasteiger partial charge in [-0.15, -0.1) is 12.4 Å². The Kier molecular flexibility index (Phi) is 9.29. The first-order chi connectivity index (χ1) is 15.4. The molecule has 1 amide bonds. The quantitative estimate of drug-likeness (QED) is 0.589. The van der Waals surface area contributed by atoms with Gasteiger partial charge in [0.2, 0.25) is 15.9 Å². The van der Waals surface area contributed by atoms with Crippen LogP contribution >= 0.6 is 12.4 Å². The number of nitrogens with one attached hydrogen (secondary N) is 1. The van der Waals surface area contributed by atoms with Crippen molar-refractivity contribution in [2.45, 2.75) is 51.0 Å². The van der Waals surface area contributed by atoms with E-state index in [0.717, 1.165) is 6.07 Å². The van der Waals surface area contributed by atoms with Crippen molar-refractivity contribution < 1.29 is 31.1 Å². The molecule has 3 rings (SSSR count). The van der Waals surface area contributed by atoms with Crippen LogP contribution in [-0.4, -0.2) is 80.6 Å². The van der Waals surface area contributed by atoms with Crippen LogP contribution in [0.2, 0.25) is 0 Å². The van der Waals surface area contributed by atoms with Gasteiger partial charge in [0, 0.05) is 57.2 Å². The van der Waals surface area contributed by atoms with Crippen molar-refractivity contribution >= 4 is 28.3 Å². The molecule has 2 fully saturated rings. The number of carbonyl (C=O) groups is 1. The van der Waals surface area contributed by atoms with E-state index in [-0.39, 0.29) is 74.8 Å². The zero-order chi connectivity index (χ0) is 24.4. The number of alkyl halides is 2. The summed E-state index contributed by atoms with van der Waals surface area (Å²) in [5.74, 6) is -3.62. The van der Waals surface area contributed by atoms with Crippen LogP contribution in [0.4, 0.5) is 13.2 Å². The lowest BCUT2D eigenvalue weighted by Gasteiger charge is -2.50. The molecule has 12 heteroatoms. The average molecular weight is 528 g/mol. The van der Waals surface area contributed by atoms with Gasteiger partial charge in [0.25, 0.3) is 5.91 Å². The average Bonchev–Trinajstić information content (AvgIpc) is 2.78. The predicted octanol–water partition coefficient (Wildman–Crippen LogP) is 3.21. The Labute approximate surface area is 205 Å². The van der Waals surface area contributed by atoms with E-state index in [1.807, 2.05) is 4.90 Å². The molecule has 34 heavy (non-hydrogen) atoms. The van der Waals surface area contributed by atoms with Crippen LogP contribution in [0.3, 0.4) is 0 Å². The third-order valence-corrected chi connectivity index (χ3v) is 8.75. The van der Waals surface area contributed by atoms with Gasteiger partial charge in [0.15, 0.2) is 0 Å². The number of hydrogen-bond donors (Lipinski definition) is 1. The molecule has 0 atom stereocenters. The molecule has 0 unspecified atom stereocenters. The highest BCUT2D eigenvalue weighted by molar-refractivity contribution is 7.89. The first-order valence-electron chi connectivity index (χ1n) is 11.2. The molecular formula is C22H33ClF3N3O4S. The largest absolute Gasteiger partial charge is 0.496 e. The molecule has 0 bridgehead atoms. The minimum Gasteiger partial charge on any atom is -0.496 e. The van der Waals surface area contributed by atoms with Gasteiger partial charge < -0.3 is 10.1 Å². The van der Waals surface area contributed by atoms with Crippen LogP contribution in [0.15, 0.2) is 12.1 Å². The molecule has 194 valence electrons. The third-order valence-electron chi connectivity index (χ3n) is 6.87. The smallest absolute Gasteiger partial charge is 0.255 e. The summed E-state index contributed by atoms with van der Waals surface area (Å²) < 4.78 is 72.7. The van der Waals surface area contributed by atoms with Crippen LogP contribution in [0.5, 0.6) is 5.75 Å². The van der Waals surface area contributed by atoms with Crippen molar-refractivity contribution in [1.29, 1.82) is 0 Å². The van der Waals surface area contributed by atoms with E-state index in [9.17, 15) is 26.4 Å². The fourth-order valence-electron chi connectivity index (χ4n) is 4.81. The van der Waals surface area contributed by atoms with Crippen LogP contribution < -0.4 is 10.1 Å². The van der Waals surface area contributed by atoms with Gasteiger partial charge in [-0.1, -0.05) is 0 Å². The Balaban J connectivity index is 0.00000408. The fourth-order valence-corrected chi connectivity index (χ4v) is 5.89. The fraction of sp³-hybridized carbons (Fsp3) is 0.682. The monoisotopic (exact) mass is 527 g/mol. The van der Waals surface area contributed by atoms with Gasteiger partial charge in [0.05, 0.1) is 18.4 Å². The molecule has 0 radical (unpaired) electrons. The van der Waals surface area contributed by atoms with E-state index < -0.39 is 33.2 Å². The van der Waals surface area contributed by atoms with Gasteiger partial charge in [-0.3, -0.25) is 9.69 Å². The number of nitrogens with zero attached hydrogens (tertiary/aromatic N) is 2. The molecule has 1 heterocycles. The number of sulfonamides is 1. The summed E-state index contributed by atoms with van der Waals surface area (Å²) in [6, 6.07) is 2.37. The summed E-state index contributed by atoms with van der Waals surface area (Å²) in [5.41, 5.74) is -0.0957. The molecule has 7 nitrogen and oxygen atoms in total. The lowest BCUT2D eigenvalue weighted by molar-refractivity contribution is -0.0856. The number of benzene rings is 1. The highest BCUT2D eigenvalue weighted by Gasteiger charge is 2.47. The van der Waals surface area contributed by atoms with Crippen LogP contribution in [0.25, 0.3) is 0 Å². The number of methoxy groups -OCH3 is 1. The minimum atomic E-state index is -3.32. The normalized spacial score (nSPS) is 20.9. The zero-order valence-corrected chi connectivity index (χ0v) is 21.3. The topological polar surface area (TPSA) is 79.0 Å². The predicted molar refractivity (Wildman–Crippen MR) is 126 cm³/mol. The van der Waals surface area contributed by atoms with Gasteiger partial charge in [-0.25, -0.2) is 21.6 Å². The van der Waals surface area contributed by atoms with E-state index in [1.54, 1.807) is 13.8 Å². The molecule has 1 aliphatic carbocycles. The maximum absolute atomic E-state index is 14.0. The molecule has 0 aromatic heterocycles. The van der Waals surface area contributed by atoms with Crippen LogP contribution in [0, 0.1) is 12.7 Å². The molecule has 1 saturated carbocycles. The Morgan fingerprint density at radius 3 is 2.24 bits per heavy atom. The number of piperazine rings is 1. The number of rotatable bonds is 7. The molecule has 2 aliphatic rings. The summed E-state index contributed by atoms with van der Waals surface area (Å²) in [5, 5.41) is 2.86. The number of halogens is 4. The number of ether oxygens (including phenoxy) is 1. The van der Waals surface area contributed by atoms with Crippen LogP contribution in [0.1, 0.15) is 48.5 Å². The van der Waals surface area contributed by atoms with E-state index in [2.05, 4.69) is 5.32 Å². The maximum atomic E-state index is 14.0. The minimum absolute atomic E-state index is 0. The number of hydrogen-bond acceptors (Lipinski definition) is 5. The number of aryl methyl sites for hydroxylation is 1. The first-order valence-corrected chi connectivity index (χ1v) is 12.8. The van der Waals surface area contributed by atoms with Crippen molar-refractivity contribution in [3.8, 4) is 5.75 Å². The van der Waals surface area contributed by atoms with Crippen molar-refractivity contribution in [2.75, 3.05) is 45.6 Å². The molecule has 1 aliphatic heterocycles. The maximum Gasteiger partial charge on any atom is 0.255 e. The van der Waals surface area contributed by atoms with Gasteiger partial charge in [-0.2, -0.15) is 4.31 Å². The first kappa shape index (κ1) is 28.7. The van der Waals surface area contributed by atoms with E-state index in [4.69, 9.17) is 4.74 Å². The third kappa shape index (κ3) is 6.16. The lowest BCUT2D eigenvalue weighted by atomic mass is 9.78. The second kappa shape index (κ2) is 11.0. The summed E-state index contributed by atoms with van der Waals surface area (Å²) in [7, 11) is -1.97. The van der Waals surface area contributed by atoms with Gasteiger partial charge >= 0.3 is 0 Å². The number of amides is 1. The summed E-state index contributed by atoms with van der Waals surface area (Å²) in [4.78, 5) is 15.0. The molecule has 0 spiro atoms. The highest BCUT2D eigenvalue weighted by atomic mass is 35.5. The lowest BCUT2D eigenvalue weighted by Crippen LogP contribution is -2.63. The Bertz CT molecular complexity index is 976. The molecular weight excluding hydrogens is 495 g/mol. The Morgan fingerprint density at radius 2 is 1.71 bits per heavy atom. The highest BCUT2D eigenvalue weighted by Crippen LogP contribution is 2.42. The molecule has 1 N–H and O–H groups in total. The van der Waals surface area contributed by atoms with E-state index in [0.29, 0.717) is 18.7 Å². The molecule has 1 saturated heterocycles. The zero-order valence-electron chi connectivity index (χ0n) is 19.7.